The van der Waals surface area contributed by atoms with Crippen LogP contribution in [-0.2, 0) is 13.0 Å². The van der Waals surface area contributed by atoms with Crippen molar-refractivity contribution in [3.05, 3.63) is 18.0 Å². The number of aromatic nitrogens is 2. The molecule has 1 heterocycles. The average Bonchev–Trinajstić information content (AvgIpc) is 2.72. The summed E-state index contributed by atoms with van der Waals surface area (Å²) in [6.07, 6.45) is 2.72. The zero-order valence-electron chi connectivity index (χ0n) is 10.0. The van der Waals surface area contributed by atoms with E-state index in [-0.39, 0.29) is 6.67 Å². The van der Waals surface area contributed by atoms with Gasteiger partial charge in [0.05, 0.1) is 12.2 Å². The van der Waals surface area contributed by atoms with Crippen molar-refractivity contribution in [2.75, 3.05) is 6.67 Å². The van der Waals surface area contributed by atoms with E-state index in [0.717, 1.165) is 12.1 Å². The molecule has 0 aromatic carbocycles. The molecule has 0 N–H and O–H groups in total. The summed E-state index contributed by atoms with van der Waals surface area (Å²) < 4.78 is 13.4. The molecule has 14 heavy (non-hydrogen) atoms. The third-order valence-electron chi connectivity index (χ3n) is 1.37. The van der Waals surface area contributed by atoms with Crippen LogP contribution in [0.5, 0.6) is 0 Å². The van der Waals surface area contributed by atoms with Crippen molar-refractivity contribution in [3.8, 4) is 0 Å². The van der Waals surface area contributed by atoms with E-state index in [1.807, 2.05) is 40.7 Å². The minimum absolute atomic E-state index is 0.342. The third kappa shape index (κ3) is 6.63. The molecule has 0 unspecified atom stereocenters. The van der Waals surface area contributed by atoms with Gasteiger partial charge in [0, 0.05) is 6.20 Å². The highest BCUT2D eigenvalue weighted by Crippen LogP contribution is 1.95. The van der Waals surface area contributed by atoms with Crippen LogP contribution in [0.4, 0.5) is 4.39 Å². The standard InChI is InChI=1S/C7H11FN2.2C2H6/c1-2-7-3-5-10(9-7)6-4-8;2*1-2/h3,5H,2,4,6H2,1H3;2*1-2H3. The van der Waals surface area contributed by atoms with Crippen molar-refractivity contribution >= 4 is 0 Å². The molecule has 0 bridgehead atoms. The first-order valence-electron chi connectivity index (χ1n) is 5.45. The molecule has 3 heteroatoms. The first-order valence-corrected chi connectivity index (χ1v) is 5.45. The van der Waals surface area contributed by atoms with E-state index in [9.17, 15) is 4.39 Å². The fraction of sp³-hybridized carbons (Fsp3) is 0.727. The molecule has 0 radical (unpaired) electrons. The Balaban J connectivity index is 0. The lowest BCUT2D eigenvalue weighted by Gasteiger charge is -1.93. The van der Waals surface area contributed by atoms with Crippen LogP contribution in [0.3, 0.4) is 0 Å². The van der Waals surface area contributed by atoms with Crippen LogP contribution in [0.1, 0.15) is 40.3 Å². The molecule has 0 aliphatic carbocycles. The van der Waals surface area contributed by atoms with E-state index in [0.29, 0.717) is 6.54 Å². The maximum atomic E-state index is 11.7. The van der Waals surface area contributed by atoms with Crippen LogP contribution in [-0.4, -0.2) is 16.5 Å². The van der Waals surface area contributed by atoms with Gasteiger partial charge in [0.2, 0.25) is 0 Å². The number of halogens is 1. The second-order valence-electron chi connectivity index (χ2n) is 2.11. The molecule has 0 amide bonds. The smallest absolute Gasteiger partial charge is 0.109 e. The van der Waals surface area contributed by atoms with E-state index in [1.54, 1.807) is 10.9 Å². The summed E-state index contributed by atoms with van der Waals surface area (Å²) in [5.41, 5.74) is 1.02. The van der Waals surface area contributed by atoms with E-state index in [2.05, 4.69) is 5.10 Å². The lowest BCUT2D eigenvalue weighted by atomic mass is 10.4. The Labute approximate surface area is 87.1 Å². The maximum Gasteiger partial charge on any atom is 0.109 e. The van der Waals surface area contributed by atoms with Gasteiger partial charge in [-0.25, -0.2) is 4.39 Å². The number of alkyl halides is 1. The molecule has 84 valence electrons. The Hall–Kier alpha value is -0.860. The minimum atomic E-state index is -0.342. The number of nitrogens with zero attached hydrogens (tertiary/aromatic N) is 2. The summed E-state index contributed by atoms with van der Waals surface area (Å²) in [7, 11) is 0. The normalized spacial score (nSPS) is 8.14. The molecule has 1 rings (SSSR count). The number of hydrogen-bond donors (Lipinski definition) is 0. The van der Waals surface area contributed by atoms with Gasteiger partial charge in [-0.1, -0.05) is 34.6 Å². The highest BCUT2D eigenvalue weighted by molar-refractivity contribution is 4.97. The number of aryl methyl sites for hydroxylation is 2. The van der Waals surface area contributed by atoms with Gasteiger partial charge in [0.25, 0.3) is 0 Å². The average molecular weight is 202 g/mol. The van der Waals surface area contributed by atoms with Crippen molar-refractivity contribution in [1.82, 2.24) is 9.78 Å². The number of rotatable bonds is 3. The molecule has 0 atom stereocenters. The van der Waals surface area contributed by atoms with Gasteiger partial charge < -0.3 is 0 Å². The van der Waals surface area contributed by atoms with Crippen molar-refractivity contribution in [2.24, 2.45) is 0 Å². The van der Waals surface area contributed by atoms with Crippen LogP contribution in [0.2, 0.25) is 0 Å². The molecular formula is C11H23FN2. The third-order valence-corrected chi connectivity index (χ3v) is 1.37. The van der Waals surface area contributed by atoms with Gasteiger partial charge >= 0.3 is 0 Å². The monoisotopic (exact) mass is 202 g/mol. The summed E-state index contributed by atoms with van der Waals surface area (Å²) >= 11 is 0. The Morgan fingerprint density at radius 2 is 1.86 bits per heavy atom. The predicted molar refractivity (Wildman–Crippen MR) is 60.3 cm³/mol. The molecule has 0 fully saturated rings. The van der Waals surface area contributed by atoms with E-state index >= 15 is 0 Å². The van der Waals surface area contributed by atoms with Crippen LogP contribution < -0.4 is 0 Å². The summed E-state index contributed by atoms with van der Waals surface area (Å²) in [6, 6.07) is 1.91. The highest BCUT2D eigenvalue weighted by atomic mass is 19.1. The largest absolute Gasteiger partial charge is 0.270 e. The van der Waals surface area contributed by atoms with Gasteiger partial charge in [0.15, 0.2) is 0 Å². The maximum absolute atomic E-state index is 11.7. The lowest BCUT2D eigenvalue weighted by molar-refractivity contribution is 0.426. The van der Waals surface area contributed by atoms with Crippen LogP contribution in [0.15, 0.2) is 12.3 Å². The molecule has 0 saturated heterocycles. The topological polar surface area (TPSA) is 17.8 Å². The molecular weight excluding hydrogens is 179 g/mol. The van der Waals surface area contributed by atoms with Gasteiger partial charge in [-0.3, -0.25) is 4.68 Å². The van der Waals surface area contributed by atoms with Gasteiger partial charge in [0.1, 0.15) is 6.67 Å². The van der Waals surface area contributed by atoms with Gasteiger partial charge in [-0.2, -0.15) is 5.10 Å². The van der Waals surface area contributed by atoms with Crippen molar-refractivity contribution in [2.45, 2.75) is 47.6 Å². The molecule has 1 aromatic rings. The summed E-state index contributed by atoms with van der Waals surface area (Å²) in [6.45, 7) is 10.1. The fourth-order valence-electron chi connectivity index (χ4n) is 0.803. The van der Waals surface area contributed by atoms with Gasteiger partial charge in [-0.05, 0) is 12.5 Å². The summed E-state index contributed by atoms with van der Waals surface area (Å²) in [4.78, 5) is 0. The predicted octanol–water partition coefficient (Wildman–Crippen LogP) is 3.47. The molecule has 0 saturated carbocycles. The van der Waals surface area contributed by atoms with Crippen molar-refractivity contribution < 1.29 is 4.39 Å². The first-order chi connectivity index (χ1) is 6.86. The van der Waals surface area contributed by atoms with Crippen molar-refractivity contribution in [1.29, 1.82) is 0 Å². The quantitative estimate of drug-likeness (QED) is 0.734. The van der Waals surface area contributed by atoms with E-state index in [1.165, 1.54) is 0 Å². The van der Waals surface area contributed by atoms with Crippen LogP contribution in [0, 0.1) is 0 Å². The zero-order chi connectivity index (χ0) is 11.4. The fourth-order valence-corrected chi connectivity index (χ4v) is 0.803. The molecule has 2 nitrogen and oxygen atoms in total. The summed E-state index contributed by atoms with van der Waals surface area (Å²) in [5, 5.41) is 4.10. The number of hydrogen-bond acceptors (Lipinski definition) is 1. The van der Waals surface area contributed by atoms with Gasteiger partial charge in [-0.15, -0.1) is 0 Å². The highest BCUT2D eigenvalue weighted by Gasteiger charge is 1.93. The zero-order valence-corrected chi connectivity index (χ0v) is 10.0. The SMILES string of the molecule is CC.CC.CCc1ccn(CCF)n1. The Kier molecular flexibility index (Phi) is 13.5. The molecule has 0 spiro atoms. The van der Waals surface area contributed by atoms with Crippen molar-refractivity contribution in [3.63, 3.8) is 0 Å². The minimum Gasteiger partial charge on any atom is -0.270 e. The molecule has 1 aromatic heterocycles. The van der Waals surface area contributed by atoms with Crippen LogP contribution >= 0.6 is 0 Å². The second kappa shape index (κ2) is 12.1. The van der Waals surface area contributed by atoms with E-state index < -0.39 is 0 Å². The second-order valence-corrected chi connectivity index (χ2v) is 2.11. The summed E-state index contributed by atoms with van der Waals surface area (Å²) in [5.74, 6) is 0. The van der Waals surface area contributed by atoms with E-state index in [4.69, 9.17) is 0 Å². The Morgan fingerprint density at radius 1 is 1.29 bits per heavy atom. The molecule has 0 aliphatic heterocycles. The lowest BCUT2D eigenvalue weighted by Crippen LogP contribution is -2.00. The Bertz CT molecular complexity index is 197. The molecule has 0 aliphatic rings. The first kappa shape index (κ1) is 15.6. The Morgan fingerprint density at radius 3 is 2.21 bits per heavy atom. The van der Waals surface area contributed by atoms with Crippen LogP contribution in [0.25, 0.3) is 0 Å².